The number of anilines is 1. The van der Waals surface area contributed by atoms with Crippen LogP contribution in [-0.2, 0) is 21.3 Å². The Morgan fingerprint density at radius 1 is 1.21 bits per heavy atom. The Labute approximate surface area is 195 Å². The van der Waals surface area contributed by atoms with E-state index >= 15 is 0 Å². The number of benzene rings is 1. The van der Waals surface area contributed by atoms with Crippen LogP contribution in [0.25, 0.3) is 11.2 Å². The van der Waals surface area contributed by atoms with Gasteiger partial charge in [0.1, 0.15) is 18.3 Å². The number of rotatable bonds is 4. The Kier molecular flexibility index (Phi) is 5.08. The molecule has 4 heterocycles. The summed E-state index contributed by atoms with van der Waals surface area (Å²) in [4.78, 5) is 15.7. The average Bonchev–Trinajstić information content (AvgIpc) is 3.58. The van der Waals surface area contributed by atoms with Crippen LogP contribution >= 0.6 is 11.6 Å². The summed E-state index contributed by atoms with van der Waals surface area (Å²) in [5.74, 6) is 0.687. The van der Waals surface area contributed by atoms with Crippen molar-refractivity contribution in [2.75, 3.05) is 31.7 Å². The highest BCUT2D eigenvalue weighted by atomic mass is 35.5. The van der Waals surface area contributed by atoms with Crippen LogP contribution in [0.4, 0.5) is 5.82 Å². The summed E-state index contributed by atoms with van der Waals surface area (Å²) in [7, 11) is 1.52. The van der Waals surface area contributed by atoms with Gasteiger partial charge in [-0.15, -0.1) is 0 Å². The van der Waals surface area contributed by atoms with E-state index in [1.165, 1.54) is 18.2 Å². The smallest absolute Gasteiger partial charge is 0.226 e. The monoisotopic (exact) mass is 471 g/mol. The molecule has 3 aliphatic rings. The van der Waals surface area contributed by atoms with Crippen molar-refractivity contribution in [2.45, 2.75) is 49.2 Å². The van der Waals surface area contributed by atoms with Crippen LogP contribution in [0.5, 0.6) is 0 Å². The van der Waals surface area contributed by atoms with E-state index in [2.05, 4.69) is 44.1 Å². The molecule has 9 nitrogen and oxygen atoms in total. The molecule has 1 spiro atoms. The number of ether oxygens (including phenoxy) is 2. The third-order valence-electron chi connectivity index (χ3n) is 7.43. The number of hydrogen-bond donors (Lipinski definition) is 2. The van der Waals surface area contributed by atoms with Gasteiger partial charge in [0, 0.05) is 25.6 Å². The Bertz CT molecular complexity index is 1200. The molecule has 5 atom stereocenters. The largest absolute Gasteiger partial charge is 0.387 e. The van der Waals surface area contributed by atoms with Crippen molar-refractivity contribution in [3.8, 4) is 0 Å². The first-order valence-corrected chi connectivity index (χ1v) is 11.6. The van der Waals surface area contributed by atoms with Crippen molar-refractivity contribution in [1.82, 2.24) is 19.5 Å². The van der Waals surface area contributed by atoms with Crippen molar-refractivity contribution in [1.29, 1.82) is 0 Å². The predicted molar refractivity (Wildman–Crippen MR) is 121 cm³/mol. The summed E-state index contributed by atoms with van der Waals surface area (Å²) in [5.41, 5.74) is 4.06. The van der Waals surface area contributed by atoms with Gasteiger partial charge in [0.25, 0.3) is 0 Å². The lowest BCUT2D eigenvalue weighted by molar-refractivity contribution is -0.0580. The van der Waals surface area contributed by atoms with Gasteiger partial charge < -0.3 is 24.6 Å². The van der Waals surface area contributed by atoms with Crippen LogP contribution in [0, 0.1) is 0 Å². The van der Waals surface area contributed by atoms with Gasteiger partial charge in [0.2, 0.25) is 5.28 Å². The lowest BCUT2D eigenvalue weighted by atomic mass is 9.81. The summed E-state index contributed by atoms with van der Waals surface area (Å²) in [6.07, 6.45) is 1.10. The molecule has 33 heavy (non-hydrogen) atoms. The molecule has 1 aromatic carbocycles. The van der Waals surface area contributed by atoms with Crippen molar-refractivity contribution in [2.24, 2.45) is 0 Å². The normalized spacial score (nSPS) is 31.2. The van der Waals surface area contributed by atoms with Crippen LogP contribution in [0.15, 0.2) is 30.6 Å². The van der Waals surface area contributed by atoms with Crippen molar-refractivity contribution < 1.29 is 19.7 Å². The number of methoxy groups -OCH3 is 1. The van der Waals surface area contributed by atoms with E-state index < -0.39 is 24.5 Å². The summed E-state index contributed by atoms with van der Waals surface area (Å²) < 4.78 is 12.6. The second-order valence-corrected chi connectivity index (χ2v) is 9.59. The molecule has 10 heteroatoms. The van der Waals surface area contributed by atoms with E-state index in [1.54, 1.807) is 10.9 Å². The predicted octanol–water partition coefficient (Wildman–Crippen LogP) is 1.84. The Morgan fingerprint density at radius 2 is 2.06 bits per heavy atom. The van der Waals surface area contributed by atoms with E-state index in [0.29, 0.717) is 17.0 Å². The Hall–Kier alpha value is -2.30. The number of aliphatic hydroxyl groups excluding tert-OH is 2. The highest BCUT2D eigenvalue weighted by Crippen LogP contribution is 2.47. The molecule has 2 N–H and O–H groups in total. The molecule has 0 radical (unpaired) electrons. The number of fused-ring (bicyclic) bond motifs is 3. The minimum Gasteiger partial charge on any atom is -0.387 e. The van der Waals surface area contributed by atoms with Gasteiger partial charge in [0.05, 0.1) is 12.9 Å². The van der Waals surface area contributed by atoms with Gasteiger partial charge in [-0.1, -0.05) is 24.3 Å². The first-order valence-electron chi connectivity index (χ1n) is 11.2. The second-order valence-electron chi connectivity index (χ2n) is 9.25. The number of halogens is 1. The van der Waals surface area contributed by atoms with Crippen molar-refractivity contribution in [3.05, 3.63) is 47.0 Å². The first-order chi connectivity index (χ1) is 16.0. The molecule has 3 aromatic rings. The van der Waals surface area contributed by atoms with E-state index in [4.69, 9.17) is 21.1 Å². The summed E-state index contributed by atoms with van der Waals surface area (Å²) in [6.45, 7) is 1.86. The fraction of sp³-hybridized carbons (Fsp3) is 0.522. The van der Waals surface area contributed by atoms with Crippen LogP contribution in [0.3, 0.4) is 0 Å². The fourth-order valence-corrected chi connectivity index (χ4v) is 5.94. The molecule has 0 saturated carbocycles. The molecule has 2 aliphatic heterocycles. The minimum absolute atomic E-state index is 0.105. The quantitative estimate of drug-likeness (QED) is 0.555. The molecule has 2 aromatic heterocycles. The summed E-state index contributed by atoms with van der Waals surface area (Å²) >= 11 is 6.35. The second kappa shape index (κ2) is 7.89. The zero-order valence-corrected chi connectivity index (χ0v) is 19.0. The van der Waals surface area contributed by atoms with Gasteiger partial charge in [-0.25, -0.2) is 4.98 Å². The van der Waals surface area contributed by atoms with E-state index in [9.17, 15) is 10.2 Å². The molecule has 6 rings (SSSR count). The number of imidazole rings is 1. The lowest BCUT2D eigenvalue weighted by Gasteiger charge is -2.26. The topological polar surface area (TPSA) is 106 Å². The van der Waals surface area contributed by atoms with E-state index in [-0.39, 0.29) is 17.3 Å². The number of aliphatic hydroxyl groups is 2. The van der Waals surface area contributed by atoms with Crippen LogP contribution in [0.2, 0.25) is 5.28 Å². The minimum atomic E-state index is -1.15. The van der Waals surface area contributed by atoms with Crippen LogP contribution in [0.1, 0.15) is 30.2 Å². The van der Waals surface area contributed by atoms with Gasteiger partial charge in [-0.3, -0.25) is 4.57 Å². The zero-order chi connectivity index (χ0) is 22.7. The Balaban J connectivity index is 1.35. The van der Waals surface area contributed by atoms with Gasteiger partial charge in [0.15, 0.2) is 23.2 Å². The highest BCUT2D eigenvalue weighted by Gasteiger charge is 2.46. The molecular formula is C23H26ClN5O4. The zero-order valence-electron chi connectivity index (χ0n) is 18.3. The van der Waals surface area contributed by atoms with Crippen LogP contribution in [-0.4, -0.2) is 74.9 Å². The number of hydrogen-bond acceptors (Lipinski definition) is 8. The van der Waals surface area contributed by atoms with Crippen molar-refractivity contribution in [3.63, 3.8) is 0 Å². The first kappa shape index (κ1) is 21.2. The third kappa shape index (κ3) is 3.25. The fourth-order valence-electron chi connectivity index (χ4n) is 5.78. The van der Waals surface area contributed by atoms with Crippen LogP contribution < -0.4 is 4.90 Å². The molecule has 174 valence electrons. The Morgan fingerprint density at radius 3 is 2.91 bits per heavy atom. The number of aryl methyl sites for hydroxylation is 1. The molecule has 0 amide bonds. The van der Waals surface area contributed by atoms with Crippen molar-refractivity contribution >= 4 is 28.6 Å². The van der Waals surface area contributed by atoms with Gasteiger partial charge in [-0.2, -0.15) is 9.97 Å². The molecule has 2 fully saturated rings. The maximum absolute atomic E-state index is 10.6. The molecule has 0 bridgehead atoms. The SMILES string of the molecule is COC[C@H]1O[C@@H](n2cnc3c(N4CCC5(CCc6ccccc65)C4)nc(Cl)nc32)C(O)C1O. The van der Waals surface area contributed by atoms with Gasteiger partial charge >= 0.3 is 0 Å². The maximum atomic E-state index is 10.6. The van der Waals surface area contributed by atoms with Gasteiger partial charge in [-0.05, 0) is 42.0 Å². The molecule has 3 unspecified atom stereocenters. The van der Waals surface area contributed by atoms with E-state index in [0.717, 1.165) is 32.4 Å². The third-order valence-corrected chi connectivity index (χ3v) is 7.60. The summed E-state index contributed by atoms with van der Waals surface area (Å²) in [5, 5.41) is 21.1. The molecule has 2 saturated heterocycles. The molecule has 1 aliphatic carbocycles. The lowest BCUT2D eigenvalue weighted by Crippen LogP contribution is -2.33. The number of nitrogens with zero attached hydrogens (tertiary/aromatic N) is 5. The summed E-state index contributed by atoms with van der Waals surface area (Å²) in [6, 6.07) is 8.71. The maximum Gasteiger partial charge on any atom is 0.226 e. The molecular weight excluding hydrogens is 446 g/mol. The van der Waals surface area contributed by atoms with E-state index in [1.807, 2.05) is 0 Å². The standard InChI is InChI=1S/C23H26ClN5O4/c1-32-10-15-17(30)18(31)21(33-15)29-12-25-16-19(26-22(24)27-20(16)29)28-9-8-23(11-28)7-6-13-4-2-3-5-14(13)23/h2-5,12,15,17-18,21,30-31H,6-11H2,1H3/t15-,17?,18?,21-,23?/m1/s1. The average molecular weight is 472 g/mol. The highest BCUT2D eigenvalue weighted by molar-refractivity contribution is 6.28. The number of aromatic nitrogens is 4.